The first kappa shape index (κ1) is 9.64. The highest BCUT2D eigenvalue weighted by molar-refractivity contribution is 5.74. The molecule has 0 aliphatic heterocycles. The fraction of sp³-hybridized carbons (Fsp3) is 0.300. The summed E-state index contributed by atoms with van der Waals surface area (Å²) in [5.74, 6) is -0.274. The van der Waals surface area contributed by atoms with E-state index in [2.05, 4.69) is 14.8 Å². The molecule has 78 valence electrons. The van der Waals surface area contributed by atoms with E-state index in [0.717, 1.165) is 11.3 Å². The fourth-order valence-corrected chi connectivity index (χ4v) is 1.43. The number of carbonyl (C=O) groups excluding carboxylic acids is 1. The second-order valence-corrected chi connectivity index (χ2v) is 3.26. The predicted molar refractivity (Wildman–Crippen MR) is 53.4 cm³/mol. The first-order chi connectivity index (χ1) is 7.20. The molecule has 2 aromatic heterocycles. The standard InChI is InChI=1S/C10H11N3O2/c1-7-6-13-10(12-7)8(3-4-11-13)5-9(14)15-2/h3-4,6H,5H2,1-2H3. The van der Waals surface area contributed by atoms with Crippen molar-refractivity contribution >= 4 is 11.6 Å². The van der Waals surface area contributed by atoms with E-state index in [0.29, 0.717) is 5.65 Å². The van der Waals surface area contributed by atoms with Crippen LogP contribution in [0, 0.1) is 6.92 Å². The van der Waals surface area contributed by atoms with Crippen LogP contribution in [-0.4, -0.2) is 27.7 Å². The molecule has 0 atom stereocenters. The van der Waals surface area contributed by atoms with Crippen LogP contribution in [0.4, 0.5) is 0 Å². The van der Waals surface area contributed by atoms with Crippen molar-refractivity contribution < 1.29 is 9.53 Å². The molecule has 0 saturated heterocycles. The molecular weight excluding hydrogens is 194 g/mol. The third-order valence-corrected chi connectivity index (χ3v) is 2.12. The predicted octanol–water partition coefficient (Wildman–Crippen LogP) is 0.753. The summed E-state index contributed by atoms with van der Waals surface area (Å²) < 4.78 is 6.27. The Morgan fingerprint density at radius 3 is 3.13 bits per heavy atom. The fourth-order valence-electron chi connectivity index (χ4n) is 1.43. The number of ether oxygens (including phenoxy) is 1. The maximum absolute atomic E-state index is 11.2. The van der Waals surface area contributed by atoms with Crippen LogP contribution in [0.2, 0.25) is 0 Å². The third kappa shape index (κ3) is 1.81. The summed E-state index contributed by atoms with van der Waals surface area (Å²) in [7, 11) is 1.37. The van der Waals surface area contributed by atoms with E-state index in [9.17, 15) is 4.79 Å². The number of aromatic nitrogens is 3. The molecule has 0 bridgehead atoms. The Labute approximate surface area is 86.7 Å². The molecule has 5 heteroatoms. The Bertz CT molecular complexity index is 504. The first-order valence-electron chi connectivity index (χ1n) is 4.57. The van der Waals surface area contributed by atoms with Crippen molar-refractivity contribution in [1.82, 2.24) is 14.6 Å². The molecule has 0 spiro atoms. The lowest BCUT2D eigenvalue weighted by atomic mass is 10.2. The minimum Gasteiger partial charge on any atom is -0.469 e. The molecule has 0 radical (unpaired) electrons. The van der Waals surface area contributed by atoms with Gasteiger partial charge in [0, 0.05) is 11.8 Å². The summed E-state index contributed by atoms with van der Waals surface area (Å²) in [4.78, 5) is 15.4. The van der Waals surface area contributed by atoms with Gasteiger partial charge in [-0.15, -0.1) is 0 Å². The average molecular weight is 205 g/mol. The number of esters is 1. The van der Waals surface area contributed by atoms with Crippen LogP contribution in [0.15, 0.2) is 18.5 Å². The second kappa shape index (κ2) is 3.68. The first-order valence-corrected chi connectivity index (χ1v) is 4.57. The van der Waals surface area contributed by atoms with Crippen molar-refractivity contribution in [2.24, 2.45) is 0 Å². The van der Waals surface area contributed by atoms with Gasteiger partial charge in [0.2, 0.25) is 0 Å². The van der Waals surface area contributed by atoms with Crippen LogP contribution < -0.4 is 0 Å². The molecule has 0 unspecified atom stereocenters. The minimum absolute atomic E-state index is 0.221. The Kier molecular flexibility index (Phi) is 2.37. The molecule has 5 nitrogen and oxygen atoms in total. The smallest absolute Gasteiger partial charge is 0.310 e. The highest BCUT2D eigenvalue weighted by Gasteiger charge is 2.09. The molecule has 0 fully saturated rings. The van der Waals surface area contributed by atoms with Crippen LogP contribution in [-0.2, 0) is 16.0 Å². The van der Waals surface area contributed by atoms with Gasteiger partial charge in [0.1, 0.15) is 0 Å². The highest BCUT2D eigenvalue weighted by Crippen LogP contribution is 2.10. The van der Waals surface area contributed by atoms with Crippen molar-refractivity contribution in [1.29, 1.82) is 0 Å². The third-order valence-electron chi connectivity index (χ3n) is 2.12. The molecular formula is C10H11N3O2. The lowest BCUT2D eigenvalue weighted by Gasteiger charge is -2.00. The number of fused-ring (bicyclic) bond motifs is 1. The van der Waals surface area contributed by atoms with E-state index in [1.54, 1.807) is 16.8 Å². The van der Waals surface area contributed by atoms with Gasteiger partial charge in [0.15, 0.2) is 5.65 Å². The van der Waals surface area contributed by atoms with E-state index in [1.807, 2.05) is 13.1 Å². The maximum atomic E-state index is 11.2. The topological polar surface area (TPSA) is 56.5 Å². The van der Waals surface area contributed by atoms with Gasteiger partial charge >= 0.3 is 5.97 Å². The van der Waals surface area contributed by atoms with Gasteiger partial charge in [-0.3, -0.25) is 4.79 Å². The minimum atomic E-state index is -0.274. The van der Waals surface area contributed by atoms with Gasteiger partial charge in [-0.05, 0) is 13.0 Å². The van der Waals surface area contributed by atoms with Crippen LogP contribution >= 0.6 is 0 Å². The van der Waals surface area contributed by atoms with Crippen molar-refractivity contribution in [3.63, 3.8) is 0 Å². The van der Waals surface area contributed by atoms with Gasteiger partial charge in [0.25, 0.3) is 0 Å². The van der Waals surface area contributed by atoms with Crippen LogP contribution in [0.25, 0.3) is 5.65 Å². The molecule has 0 saturated carbocycles. The molecule has 0 amide bonds. The van der Waals surface area contributed by atoms with Gasteiger partial charge in [-0.25, -0.2) is 9.50 Å². The summed E-state index contributed by atoms with van der Waals surface area (Å²) in [5.41, 5.74) is 2.41. The zero-order chi connectivity index (χ0) is 10.8. The Morgan fingerprint density at radius 2 is 2.40 bits per heavy atom. The van der Waals surface area contributed by atoms with E-state index in [1.165, 1.54) is 7.11 Å². The van der Waals surface area contributed by atoms with Crippen molar-refractivity contribution in [3.8, 4) is 0 Å². The molecule has 2 rings (SSSR count). The van der Waals surface area contributed by atoms with Crippen molar-refractivity contribution in [3.05, 3.63) is 29.7 Å². The zero-order valence-electron chi connectivity index (χ0n) is 8.60. The SMILES string of the molecule is COC(=O)Cc1ccnn2cc(C)nc12. The molecule has 2 aromatic rings. The summed E-state index contributed by atoms with van der Waals surface area (Å²) in [6.07, 6.45) is 3.68. The van der Waals surface area contributed by atoms with Gasteiger partial charge < -0.3 is 4.74 Å². The lowest BCUT2D eigenvalue weighted by molar-refractivity contribution is -0.139. The van der Waals surface area contributed by atoms with Gasteiger partial charge in [-0.1, -0.05) is 0 Å². The van der Waals surface area contributed by atoms with Crippen molar-refractivity contribution in [2.45, 2.75) is 13.3 Å². The average Bonchev–Trinajstić information content (AvgIpc) is 2.59. The number of imidazole rings is 1. The molecule has 0 aromatic carbocycles. The number of methoxy groups -OCH3 is 1. The van der Waals surface area contributed by atoms with Gasteiger partial charge in [-0.2, -0.15) is 5.10 Å². The maximum Gasteiger partial charge on any atom is 0.310 e. The summed E-state index contributed by atoms with van der Waals surface area (Å²) in [5, 5.41) is 4.10. The summed E-state index contributed by atoms with van der Waals surface area (Å²) >= 11 is 0. The zero-order valence-corrected chi connectivity index (χ0v) is 8.60. The second-order valence-electron chi connectivity index (χ2n) is 3.26. The molecule has 0 N–H and O–H groups in total. The Hall–Kier alpha value is -1.91. The molecule has 0 aliphatic rings. The van der Waals surface area contributed by atoms with Crippen LogP contribution in [0.1, 0.15) is 11.3 Å². The normalized spacial score (nSPS) is 10.5. The quantitative estimate of drug-likeness (QED) is 0.679. The highest BCUT2D eigenvalue weighted by atomic mass is 16.5. The number of carbonyl (C=O) groups is 1. The van der Waals surface area contributed by atoms with Crippen LogP contribution in [0.3, 0.4) is 0 Å². The van der Waals surface area contributed by atoms with E-state index in [4.69, 9.17) is 0 Å². The lowest BCUT2D eigenvalue weighted by Crippen LogP contribution is -2.06. The number of hydrogen-bond acceptors (Lipinski definition) is 4. The van der Waals surface area contributed by atoms with Crippen LogP contribution in [0.5, 0.6) is 0 Å². The summed E-state index contributed by atoms with van der Waals surface area (Å²) in [6.45, 7) is 1.89. The molecule has 0 aliphatic carbocycles. The van der Waals surface area contributed by atoms with E-state index < -0.39 is 0 Å². The molecule has 15 heavy (non-hydrogen) atoms. The van der Waals surface area contributed by atoms with Gasteiger partial charge in [0.05, 0.1) is 25.4 Å². The number of aryl methyl sites for hydroxylation is 1. The van der Waals surface area contributed by atoms with E-state index in [-0.39, 0.29) is 12.4 Å². The largest absolute Gasteiger partial charge is 0.469 e. The number of rotatable bonds is 2. The van der Waals surface area contributed by atoms with E-state index >= 15 is 0 Å². The molecule has 2 heterocycles. The monoisotopic (exact) mass is 205 g/mol. The number of nitrogens with zero attached hydrogens (tertiary/aromatic N) is 3. The number of hydrogen-bond donors (Lipinski definition) is 0. The summed E-state index contributed by atoms with van der Waals surface area (Å²) in [6, 6.07) is 1.78. The van der Waals surface area contributed by atoms with Crippen molar-refractivity contribution in [2.75, 3.05) is 7.11 Å². The Morgan fingerprint density at radius 1 is 1.60 bits per heavy atom. The Balaban J connectivity index is 2.46.